The lowest BCUT2D eigenvalue weighted by Gasteiger charge is -2.29. The number of phenols is 2. The number of fused-ring (bicyclic) bond motifs is 1. The van der Waals surface area contributed by atoms with Gasteiger partial charge < -0.3 is 19.7 Å². The summed E-state index contributed by atoms with van der Waals surface area (Å²) in [4.78, 5) is 12.9. The molecule has 0 fully saturated rings. The van der Waals surface area contributed by atoms with Crippen LogP contribution in [0.3, 0.4) is 0 Å². The summed E-state index contributed by atoms with van der Waals surface area (Å²) < 4.78 is 11.5. The first kappa shape index (κ1) is 18.8. The van der Waals surface area contributed by atoms with Gasteiger partial charge in [0.25, 0.3) is 0 Å². The molecule has 1 aliphatic rings. The molecule has 0 bridgehead atoms. The number of carbonyl (C=O) groups is 1. The van der Waals surface area contributed by atoms with Gasteiger partial charge in [-0.05, 0) is 44.4 Å². The second-order valence-corrected chi connectivity index (χ2v) is 6.93. The van der Waals surface area contributed by atoms with Crippen molar-refractivity contribution >= 4 is 5.78 Å². The molecule has 5 nitrogen and oxygen atoms in total. The number of hydrogen-bond donors (Lipinski definition) is 2. The van der Waals surface area contributed by atoms with Crippen LogP contribution < -0.4 is 9.47 Å². The van der Waals surface area contributed by atoms with E-state index in [0.29, 0.717) is 29.0 Å². The van der Waals surface area contributed by atoms with Crippen molar-refractivity contribution in [3.8, 4) is 23.0 Å². The van der Waals surface area contributed by atoms with Crippen molar-refractivity contribution in [1.82, 2.24) is 0 Å². The Kier molecular flexibility index (Phi) is 5.40. The highest BCUT2D eigenvalue weighted by atomic mass is 16.5. The maximum Gasteiger partial charge on any atom is 0.174 e. The minimum atomic E-state index is -0.473. The van der Waals surface area contributed by atoms with Crippen molar-refractivity contribution in [1.29, 1.82) is 0 Å². The van der Waals surface area contributed by atoms with E-state index >= 15 is 0 Å². The monoisotopic (exact) mass is 368 g/mol. The van der Waals surface area contributed by atoms with Crippen LogP contribution in [0.4, 0.5) is 0 Å². The molecule has 0 spiro atoms. The standard InChI is InChI=1S/C22H24O5/c1-13(2)5-4-6-16-17(24)11-20(26-3)21-18(25)12-19(27-22(16)21)14-7-9-15(23)10-8-14/h5,7-11,19,23-24H,4,6,12H2,1-3H3. The van der Waals surface area contributed by atoms with Gasteiger partial charge in [-0.1, -0.05) is 23.8 Å². The van der Waals surface area contributed by atoms with Crippen LogP contribution in [0, 0.1) is 0 Å². The number of rotatable bonds is 5. The number of carbonyl (C=O) groups excluding carboxylic acids is 1. The first-order chi connectivity index (χ1) is 12.9. The molecule has 2 aromatic rings. The zero-order chi connectivity index (χ0) is 19.6. The second kappa shape index (κ2) is 7.74. The Morgan fingerprint density at radius 1 is 1.26 bits per heavy atom. The Balaban J connectivity index is 2.03. The van der Waals surface area contributed by atoms with E-state index in [2.05, 4.69) is 6.08 Å². The zero-order valence-corrected chi connectivity index (χ0v) is 15.8. The number of phenolic OH excluding ortho intramolecular Hbond substituents is 2. The van der Waals surface area contributed by atoms with Crippen molar-refractivity contribution in [2.45, 2.75) is 39.2 Å². The highest BCUT2D eigenvalue weighted by molar-refractivity contribution is 6.03. The highest BCUT2D eigenvalue weighted by Gasteiger charge is 2.33. The first-order valence-electron chi connectivity index (χ1n) is 8.95. The van der Waals surface area contributed by atoms with Gasteiger partial charge in [0.15, 0.2) is 5.78 Å². The highest BCUT2D eigenvalue weighted by Crippen LogP contribution is 2.46. The Labute approximate surface area is 158 Å². The largest absolute Gasteiger partial charge is 0.508 e. The predicted molar refractivity (Wildman–Crippen MR) is 103 cm³/mol. The summed E-state index contributed by atoms with van der Waals surface area (Å²) in [6, 6.07) is 8.09. The third kappa shape index (κ3) is 3.92. The summed E-state index contributed by atoms with van der Waals surface area (Å²) in [6.07, 6.45) is 3.07. The van der Waals surface area contributed by atoms with Crippen LogP contribution in [-0.2, 0) is 6.42 Å². The fraction of sp³-hybridized carbons (Fsp3) is 0.318. The van der Waals surface area contributed by atoms with Crippen molar-refractivity contribution in [3.05, 3.63) is 58.7 Å². The minimum absolute atomic E-state index is 0.0620. The number of benzene rings is 2. The Morgan fingerprint density at radius 2 is 1.96 bits per heavy atom. The lowest BCUT2D eigenvalue weighted by Crippen LogP contribution is -2.22. The molecule has 27 heavy (non-hydrogen) atoms. The molecule has 1 aliphatic heterocycles. The van der Waals surface area contributed by atoms with Gasteiger partial charge in [-0.3, -0.25) is 4.79 Å². The van der Waals surface area contributed by atoms with E-state index in [1.807, 2.05) is 13.8 Å². The van der Waals surface area contributed by atoms with Gasteiger partial charge in [0, 0.05) is 11.6 Å². The average molecular weight is 368 g/mol. The van der Waals surface area contributed by atoms with E-state index in [9.17, 15) is 15.0 Å². The van der Waals surface area contributed by atoms with Crippen LogP contribution in [0.2, 0.25) is 0 Å². The van der Waals surface area contributed by atoms with Gasteiger partial charge in [-0.2, -0.15) is 0 Å². The van der Waals surface area contributed by atoms with E-state index in [-0.39, 0.29) is 23.7 Å². The number of hydrogen-bond acceptors (Lipinski definition) is 5. The topological polar surface area (TPSA) is 76.0 Å². The van der Waals surface area contributed by atoms with Crippen molar-refractivity contribution in [3.63, 3.8) is 0 Å². The van der Waals surface area contributed by atoms with Crippen molar-refractivity contribution in [2.24, 2.45) is 0 Å². The first-order valence-corrected chi connectivity index (χ1v) is 8.95. The second-order valence-electron chi connectivity index (χ2n) is 6.93. The molecule has 0 saturated heterocycles. The third-order valence-corrected chi connectivity index (χ3v) is 4.67. The van der Waals surface area contributed by atoms with Crippen LogP contribution in [0.1, 0.15) is 54.3 Å². The summed E-state index contributed by atoms with van der Waals surface area (Å²) in [5.41, 5.74) is 2.98. The van der Waals surface area contributed by atoms with E-state index in [4.69, 9.17) is 9.47 Å². The van der Waals surface area contributed by atoms with E-state index in [0.717, 1.165) is 12.0 Å². The van der Waals surface area contributed by atoms with Gasteiger partial charge in [-0.25, -0.2) is 0 Å². The molecule has 0 radical (unpaired) electrons. The Morgan fingerprint density at radius 3 is 2.59 bits per heavy atom. The van der Waals surface area contributed by atoms with Gasteiger partial charge in [0.05, 0.1) is 13.5 Å². The molecule has 1 heterocycles. The summed E-state index contributed by atoms with van der Waals surface area (Å²) >= 11 is 0. The average Bonchev–Trinajstić information content (AvgIpc) is 2.63. The number of ketones is 1. The summed E-state index contributed by atoms with van der Waals surface area (Å²) in [6.45, 7) is 4.04. The van der Waals surface area contributed by atoms with E-state index in [1.54, 1.807) is 24.3 Å². The molecule has 0 aromatic heterocycles. The maximum atomic E-state index is 12.9. The van der Waals surface area contributed by atoms with Gasteiger partial charge in [-0.15, -0.1) is 0 Å². The molecule has 0 aliphatic carbocycles. The molecule has 2 aromatic carbocycles. The Hall–Kier alpha value is -2.95. The van der Waals surface area contributed by atoms with Crippen LogP contribution >= 0.6 is 0 Å². The lowest BCUT2D eigenvalue weighted by molar-refractivity contribution is 0.0841. The molecule has 5 heteroatoms. The van der Waals surface area contributed by atoms with Crippen LogP contribution in [0.25, 0.3) is 0 Å². The number of ether oxygens (including phenoxy) is 2. The molecule has 142 valence electrons. The normalized spacial score (nSPS) is 15.7. The zero-order valence-electron chi connectivity index (χ0n) is 15.8. The fourth-order valence-electron chi connectivity index (χ4n) is 3.29. The molecule has 0 amide bonds. The van der Waals surface area contributed by atoms with Gasteiger partial charge in [0.2, 0.25) is 0 Å². The minimum Gasteiger partial charge on any atom is -0.508 e. The van der Waals surface area contributed by atoms with E-state index in [1.165, 1.54) is 18.7 Å². The maximum absolute atomic E-state index is 12.9. The van der Waals surface area contributed by atoms with Crippen LogP contribution in [0.5, 0.6) is 23.0 Å². The molecule has 1 atom stereocenters. The Bertz CT molecular complexity index is 877. The predicted octanol–water partition coefficient (Wildman–Crippen LogP) is 4.71. The third-order valence-electron chi connectivity index (χ3n) is 4.67. The SMILES string of the molecule is COc1cc(O)c(CCC=C(C)C)c2c1C(=O)CC(c1ccc(O)cc1)O2. The number of allylic oxidation sites excluding steroid dienone is 2. The summed E-state index contributed by atoms with van der Waals surface area (Å²) in [5, 5.41) is 20.0. The van der Waals surface area contributed by atoms with Crippen LogP contribution in [-0.4, -0.2) is 23.1 Å². The molecule has 0 saturated carbocycles. The fourth-order valence-corrected chi connectivity index (χ4v) is 3.29. The molecular formula is C22H24O5. The number of methoxy groups -OCH3 is 1. The summed E-state index contributed by atoms with van der Waals surface area (Å²) in [5.74, 6) is 0.843. The number of aromatic hydroxyl groups is 2. The smallest absolute Gasteiger partial charge is 0.174 e. The van der Waals surface area contributed by atoms with Crippen LogP contribution in [0.15, 0.2) is 42.0 Å². The van der Waals surface area contributed by atoms with Gasteiger partial charge >= 0.3 is 0 Å². The summed E-state index contributed by atoms with van der Waals surface area (Å²) in [7, 11) is 1.47. The molecule has 1 unspecified atom stereocenters. The molecular weight excluding hydrogens is 344 g/mol. The molecule has 2 N–H and O–H groups in total. The number of Topliss-reactive ketones (excluding diaryl/α,β-unsaturated/α-hetero) is 1. The molecule has 3 rings (SSSR count). The van der Waals surface area contributed by atoms with Crippen molar-refractivity contribution < 1.29 is 24.5 Å². The quantitative estimate of drug-likeness (QED) is 0.748. The lowest BCUT2D eigenvalue weighted by atomic mass is 9.92. The van der Waals surface area contributed by atoms with Gasteiger partial charge in [0.1, 0.15) is 34.7 Å². The van der Waals surface area contributed by atoms with Crippen molar-refractivity contribution in [2.75, 3.05) is 7.11 Å². The van der Waals surface area contributed by atoms with E-state index < -0.39 is 6.10 Å².